The summed E-state index contributed by atoms with van der Waals surface area (Å²) >= 11 is 0. The summed E-state index contributed by atoms with van der Waals surface area (Å²) in [7, 11) is 0. The van der Waals surface area contributed by atoms with Crippen LogP contribution in [0.1, 0.15) is 0 Å². The van der Waals surface area contributed by atoms with Gasteiger partial charge < -0.3 is 5.73 Å². The van der Waals surface area contributed by atoms with Crippen LogP contribution in [0.2, 0.25) is 0 Å². The van der Waals surface area contributed by atoms with Gasteiger partial charge in [0.2, 0.25) is 0 Å². The van der Waals surface area contributed by atoms with E-state index in [0.29, 0.717) is 6.54 Å². The predicted octanol–water partition coefficient (Wildman–Crippen LogP) is -0.562. The van der Waals surface area contributed by atoms with Gasteiger partial charge in [-0.1, -0.05) is 6.08 Å². The van der Waals surface area contributed by atoms with E-state index in [0.717, 1.165) is 0 Å². The Bertz CT molecular complexity index is 38.1. The first kappa shape index (κ1) is 5.46. The lowest BCUT2D eigenvalue weighted by Gasteiger charge is -1.78. The van der Waals surface area contributed by atoms with Gasteiger partial charge in [0.15, 0.2) is 0 Å². The van der Waals surface area contributed by atoms with Gasteiger partial charge in [-0.3, -0.25) is 10.7 Å². The molecule has 0 aliphatic rings. The summed E-state index contributed by atoms with van der Waals surface area (Å²) in [6, 6.07) is 0. The monoisotopic (exact) mass is 88.1 g/mol. The van der Waals surface area contributed by atoms with E-state index < -0.39 is 0 Å². The minimum absolute atomic E-state index is 0.452. The first-order chi connectivity index (χ1) is 2.91. The third-order valence-corrected chi connectivity index (χ3v) is 0.328. The van der Waals surface area contributed by atoms with Crippen LogP contribution >= 0.6 is 0 Å². The number of nitrogens with one attached hydrogen (secondary N) is 1. The van der Waals surface area contributed by atoms with E-state index in [1.165, 1.54) is 6.20 Å². The van der Waals surface area contributed by atoms with Gasteiger partial charge >= 0.3 is 0 Å². The van der Waals surface area contributed by atoms with E-state index in [1.54, 1.807) is 6.08 Å². The van der Waals surface area contributed by atoms with Crippen molar-refractivity contribution in [3.8, 4) is 0 Å². The molecule has 0 bridgehead atoms. The SMILES string of the molecule is NCC=CNO. The zero-order valence-corrected chi connectivity index (χ0v) is 3.39. The highest BCUT2D eigenvalue weighted by atomic mass is 16.5. The van der Waals surface area contributed by atoms with Crippen LogP contribution in [0.5, 0.6) is 0 Å². The Labute approximate surface area is 36.4 Å². The van der Waals surface area contributed by atoms with E-state index in [2.05, 4.69) is 0 Å². The normalized spacial score (nSPS) is 9.67. The summed E-state index contributed by atoms with van der Waals surface area (Å²) < 4.78 is 0. The first-order valence-corrected chi connectivity index (χ1v) is 1.66. The molecule has 0 rings (SSSR count). The lowest BCUT2D eigenvalue weighted by Crippen LogP contribution is -1.98. The van der Waals surface area contributed by atoms with Crippen molar-refractivity contribution in [2.45, 2.75) is 0 Å². The number of hydroxylamine groups is 1. The summed E-state index contributed by atoms with van der Waals surface area (Å²) in [5.41, 5.74) is 6.78. The zero-order valence-electron chi connectivity index (χ0n) is 3.39. The highest BCUT2D eigenvalue weighted by molar-refractivity contribution is 4.76. The Balaban J connectivity index is 2.73. The molecule has 0 atom stereocenters. The fourth-order valence-electron chi connectivity index (χ4n) is 0.121. The van der Waals surface area contributed by atoms with Crippen LogP contribution in [0.3, 0.4) is 0 Å². The van der Waals surface area contributed by atoms with E-state index >= 15 is 0 Å². The minimum atomic E-state index is 0.452. The van der Waals surface area contributed by atoms with Gasteiger partial charge in [0.25, 0.3) is 0 Å². The van der Waals surface area contributed by atoms with Crippen molar-refractivity contribution in [3.63, 3.8) is 0 Å². The minimum Gasteiger partial charge on any atom is -0.327 e. The molecular weight excluding hydrogens is 80.0 g/mol. The van der Waals surface area contributed by atoms with E-state index in [1.807, 2.05) is 5.48 Å². The molecule has 0 aromatic heterocycles. The Kier molecular flexibility index (Phi) is 4.06. The molecule has 0 radical (unpaired) electrons. The van der Waals surface area contributed by atoms with Crippen molar-refractivity contribution < 1.29 is 5.21 Å². The lowest BCUT2D eigenvalue weighted by atomic mass is 10.6. The van der Waals surface area contributed by atoms with Gasteiger partial charge in [-0.2, -0.15) is 0 Å². The van der Waals surface area contributed by atoms with Crippen LogP contribution in [-0.4, -0.2) is 11.8 Å². The van der Waals surface area contributed by atoms with Gasteiger partial charge in [0.05, 0.1) is 0 Å². The smallest absolute Gasteiger partial charge is 0.0213 e. The Morgan fingerprint density at radius 1 is 1.83 bits per heavy atom. The van der Waals surface area contributed by atoms with E-state index in [-0.39, 0.29) is 0 Å². The molecule has 4 N–H and O–H groups in total. The van der Waals surface area contributed by atoms with Crippen LogP contribution in [0.15, 0.2) is 12.3 Å². The lowest BCUT2D eigenvalue weighted by molar-refractivity contribution is 0.214. The third kappa shape index (κ3) is 3.46. The molecule has 0 saturated heterocycles. The van der Waals surface area contributed by atoms with Crippen LogP contribution in [0.4, 0.5) is 0 Å². The molecule has 0 aromatic carbocycles. The largest absolute Gasteiger partial charge is 0.327 e. The second kappa shape index (κ2) is 4.46. The summed E-state index contributed by atoms with van der Waals surface area (Å²) in [6.45, 7) is 0.452. The highest BCUT2D eigenvalue weighted by Gasteiger charge is 1.57. The number of nitrogens with two attached hydrogens (primary N) is 1. The quantitative estimate of drug-likeness (QED) is 0.396. The summed E-state index contributed by atoms with van der Waals surface area (Å²) in [5, 5.41) is 7.80. The molecule has 0 aromatic rings. The fourth-order valence-corrected chi connectivity index (χ4v) is 0.121. The standard InChI is InChI=1S/C3H8N2O/c4-2-1-3-5-6/h1,3,5-6H,2,4H2. The molecule has 0 fully saturated rings. The maximum Gasteiger partial charge on any atom is 0.0213 e. The molecule has 0 unspecified atom stereocenters. The number of rotatable bonds is 2. The van der Waals surface area contributed by atoms with Crippen molar-refractivity contribution >= 4 is 0 Å². The highest BCUT2D eigenvalue weighted by Crippen LogP contribution is 1.54. The van der Waals surface area contributed by atoms with Crippen LogP contribution in [0.25, 0.3) is 0 Å². The van der Waals surface area contributed by atoms with Crippen LogP contribution in [-0.2, 0) is 0 Å². The van der Waals surface area contributed by atoms with E-state index in [4.69, 9.17) is 10.9 Å². The van der Waals surface area contributed by atoms with E-state index in [9.17, 15) is 0 Å². The molecule has 0 spiro atoms. The van der Waals surface area contributed by atoms with Gasteiger partial charge in [-0.25, -0.2) is 0 Å². The molecule has 0 saturated carbocycles. The average Bonchev–Trinajstić information content (AvgIpc) is 1.61. The first-order valence-electron chi connectivity index (χ1n) is 1.66. The topological polar surface area (TPSA) is 58.3 Å². The van der Waals surface area contributed by atoms with Crippen molar-refractivity contribution in [2.24, 2.45) is 5.73 Å². The molecule has 0 aliphatic heterocycles. The molecule has 0 heterocycles. The Morgan fingerprint density at radius 3 is 2.67 bits per heavy atom. The summed E-state index contributed by atoms with van der Waals surface area (Å²) in [6.07, 6.45) is 2.96. The van der Waals surface area contributed by atoms with Gasteiger partial charge in [-0.05, 0) is 0 Å². The molecule has 0 aliphatic carbocycles. The van der Waals surface area contributed by atoms with Crippen LogP contribution in [0, 0.1) is 0 Å². The van der Waals surface area contributed by atoms with Crippen molar-refractivity contribution in [1.29, 1.82) is 0 Å². The molecular formula is C3H8N2O. The Morgan fingerprint density at radius 2 is 2.50 bits per heavy atom. The maximum atomic E-state index is 7.80. The molecule has 3 nitrogen and oxygen atoms in total. The number of hydrogen-bond donors (Lipinski definition) is 3. The van der Waals surface area contributed by atoms with Gasteiger partial charge in [0, 0.05) is 12.7 Å². The molecule has 36 valence electrons. The zero-order chi connectivity index (χ0) is 4.83. The van der Waals surface area contributed by atoms with Crippen molar-refractivity contribution in [2.75, 3.05) is 6.54 Å². The third-order valence-electron chi connectivity index (χ3n) is 0.328. The summed E-state index contributed by atoms with van der Waals surface area (Å²) in [4.78, 5) is 0. The second-order valence-electron chi connectivity index (χ2n) is 0.767. The van der Waals surface area contributed by atoms with Crippen molar-refractivity contribution in [1.82, 2.24) is 5.48 Å². The Hall–Kier alpha value is -0.540. The van der Waals surface area contributed by atoms with Gasteiger partial charge in [-0.15, -0.1) is 0 Å². The van der Waals surface area contributed by atoms with Crippen molar-refractivity contribution in [3.05, 3.63) is 12.3 Å². The number of hydrogen-bond acceptors (Lipinski definition) is 3. The predicted molar refractivity (Wildman–Crippen MR) is 23.1 cm³/mol. The van der Waals surface area contributed by atoms with Gasteiger partial charge in [0.1, 0.15) is 0 Å². The fraction of sp³-hybridized carbons (Fsp3) is 0.333. The van der Waals surface area contributed by atoms with Crippen LogP contribution < -0.4 is 11.2 Å². The maximum absolute atomic E-state index is 7.80. The molecule has 3 heteroatoms. The summed E-state index contributed by atoms with van der Waals surface area (Å²) in [5.74, 6) is 0. The molecule has 6 heavy (non-hydrogen) atoms. The second-order valence-corrected chi connectivity index (χ2v) is 0.767. The average molecular weight is 88.1 g/mol. The molecule has 0 amide bonds.